The van der Waals surface area contributed by atoms with E-state index >= 15 is 0 Å². The first-order valence-electron chi connectivity index (χ1n) is 7.93. The molecule has 1 aliphatic carbocycles. The van der Waals surface area contributed by atoms with Gasteiger partial charge in [-0.15, -0.1) is 0 Å². The van der Waals surface area contributed by atoms with Crippen LogP contribution in [0.5, 0.6) is 0 Å². The fourth-order valence-electron chi connectivity index (χ4n) is 3.62. The summed E-state index contributed by atoms with van der Waals surface area (Å²) < 4.78 is 0. The lowest BCUT2D eigenvalue weighted by Crippen LogP contribution is -2.17. The van der Waals surface area contributed by atoms with Gasteiger partial charge in [-0.1, -0.05) is 43.9 Å². The van der Waals surface area contributed by atoms with Crippen LogP contribution in [0.25, 0.3) is 0 Å². The summed E-state index contributed by atoms with van der Waals surface area (Å²) >= 11 is 0. The van der Waals surface area contributed by atoms with Gasteiger partial charge in [-0.3, -0.25) is 4.79 Å². The van der Waals surface area contributed by atoms with Gasteiger partial charge in [0.25, 0.3) is 0 Å². The molecule has 1 nitrogen and oxygen atoms in total. The Hall–Kier alpha value is -0.680. The lowest BCUT2D eigenvalue weighted by atomic mass is 10.0. The normalized spacial score (nSPS) is 18.0. The molecule has 1 aromatic rings. The molecule has 1 fully saturated rings. The maximum absolute atomic E-state index is 13.1. The summed E-state index contributed by atoms with van der Waals surface area (Å²) in [5.41, 5.74) is 5.76. The Bertz CT molecular complexity index is 463. The van der Waals surface area contributed by atoms with Crippen LogP contribution in [0.2, 0.25) is 0 Å². The molecule has 0 amide bonds. The minimum absolute atomic E-state index is 0.462. The summed E-state index contributed by atoms with van der Waals surface area (Å²) in [7, 11) is -0.495. The van der Waals surface area contributed by atoms with E-state index in [0.29, 0.717) is 11.2 Å². The largest absolute Gasteiger partial charge is 0.289 e. The first-order valence-corrected chi connectivity index (χ1v) is 9.53. The highest BCUT2D eigenvalue weighted by atomic mass is 31.1. The van der Waals surface area contributed by atoms with E-state index in [2.05, 4.69) is 39.8 Å². The Morgan fingerprint density at radius 1 is 1.10 bits per heavy atom. The predicted molar refractivity (Wildman–Crippen MR) is 89.3 cm³/mol. The maximum atomic E-state index is 13.1. The third kappa shape index (κ3) is 3.31. The molecule has 0 radical (unpaired) electrons. The molecular weight excluding hydrogens is 263 g/mol. The third-order valence-corrected chi connectivity index (χ3v) is 7.33. The molecule has 1 unspecified atom stereocenters. The Morgan fingerprint density at radius 2 is 1.65 bits per heavy atom. The molecule has 0 bridgehead atoms. The fraction of sp³-hybridized carbons (Fsp3) is 0.611. The molecule has 110 valence electrons. The summed E-state index contributed by atoms with van der Waals surface area (Å²) in [6, 6.07) is 4.31. The topological polar surface area (TPSA) is 17.1 Å². The molecular formula is C18H27OP. The predicted octanol–water partition coefficient (Wildman–Crippen LogP) is 5.59. The van der Waals surface area contributed by atoms with Crippen LogP contribution in [0.3, 0.4) is 0 Å². The summed E-state index contributed by atoms with van der Waals surface area (Å²) in [6.45, 7) is 8.50. The van der Waals surface area contributed by atoms with Gasteiger partial charge in [-0.25, -0.2) is 0 Å². The van der Waals surface area contributed by atoms with Gasteiger partial charge in [-0.2, -0.15) is 0 Å². The molecule has 2 rings (SSSR count). The highest BCUT2D eigenvalue weighted by Gasteiger charge is 2.29. The first-order chi connectivity index (χ1) is 9.54. The van der Waals surface area contributed by atoms with E-state index in [1.807, 2.05) is 0 Å². The summed E-state index contributed by atoms with van der Waals surface area (Å²) in [5, 5.41) is 0. The highest BCUT2D eigenvalue weighted by Crippen LogP contribution is 2.50. The Kier molecular flexibility index (Phi) is 5.38. The molecule has 0 aromatic heterocycles. The van der Waals surface area contributed by atoms with Crippen molar-refractivity contribution in [3.05, 3.63) is 34.4 Å². The van der Waals surface area contributed by atoms with Gasteiger partial charge in [0, 0.05) is 5.56 Å². The number of aryl methyl sites for hydroxylation is 3. The number of hydrogen-bond donors (Lipinski definition) is 0. The van der Waals surface area contributed by atoms with E-state index in [9.17, 15) is 4.79 Å². The molecule has 0 saturated heterocycles. The monoisotopic (exact) mass is 290 g/mol. The van der Waals surface area contributed by atoms with Crippen molar-refractivity contribution in [1.29, 1.82) is 0 Å². The smallest absolute Gasteiger partial charge is 0.184 e. The molecule has 1 atom stereocenters. The Labute approximate surface area is 124 Å². The van der Waals surface area contributed by atoms with Gasteiger partial charge in [0.2, 0.25) is 0 Å². The lowest BCUT2D eigenvalue weighted by molar-refractivity contribution is 0.107. The average Bonchev–Trinajstić information content (AvgIpc) is 2.39. The number of carbonyl (C=O) groups is 1. The minimum Gasteiger partial charge on any atom is -0.289 e. The average molecular weight is 290 g/mol. The van der Waals surface area contributed by atoms with Crippen molar-refractivity contribution in [1.82, 2.24) is 0 Å². The van der Waals surface area contributed by atoms with E-state index in [-0.39, 0.29) is 0 Å². The van der Waals surface area contributed by atoms with Gasteiger partial charge >= 0.3 is 0 Å². The Balaban J connectivity index is 2.28. The van der Waals surface area contributed by atoms with Crippen molar-refractivity contribution in [2.24, 2.45) is 0 Å². The molecule has 0 spiro atoms. The van der Waals surface area contributed by atoms with E-state index < -0.39 is 7.92 Å². The molecule has 1 saturated carbocycles. The zero-order chi connectivity index (χ0) is 14.7. The van der Waals surface area contributed by atoms with Crippen LogP contribution in [0.4, 0.5) is 0 Å². The van der Waals surface area contributed by atoms with Gasteiger partial charge in [0.1, 0.15) is 0 Å². The fourth-order valence-corrected chi connectivity index (χ4v) is 6.38. The Morgan fingerprint density at radius 3 is 2.15 bits per heavy atom. The summed E-state index contributed by atoms with van der Waals surface area (Å²) in [6.07, 6.45) is 7.60. The molecule has 20 heavy (non-hydrogen) atoms. The van der Waals surface area contributed by atoms with Crippen LogP contribution in [0.1, 0.15) is 66.1 Å². The summed E-state index contributed by atoms with van der Waals surface area (Å²) in [5.74, 6) is 0. The minimum atomic E-state index is -0.495. The van der Waals surface area contributed by atoms with E-state index in [1.54, 1.807) is 0 Å². The van der Waals surface area contributed by atoms with Crippen molar-refractivity contribution in [3.8, 4) is 0 Å². The van der Waals surface area contributed by atoms with Crippen LogP contribution < -0.4 is 0 Å². The van der Waals surface area contributed by atoms with Crippen LogP contribution in [-0.4, -0.2) is 17.3 Å². The standard InChI is InChI=1S/C18H27OP/c1-5-20(16-9-7-6-8-10-16)18(19)17-14(3)11-13(2)12-15(17)4/h11-12,16H,5-10H2,1-4H3. The molecule has 1 aromatic carbocycles. The second kappa shape index (κ2) is 6.85. The van der Waals surface area contributed by atoms with Crippen LogP contribution in [0.15, 0.2) is 12.1 Å². The maximum Gasteiger partial charge on any atom is 0.184 e. The number of benzene rings is 1. The zero-order valence-electron chi connectivity index (χ0n) is 13.3. The number of hydrogen-bond acceptors (Lipinski definition) is 1. The van der Waals surface area contributed by atoms with Crippen molar-refractivity contribution in [2.45, 2.75) is 65.5 Å². The SMILES string of the molecule is CCP(C(=O)c1c(C)cc(C)cc1C)C1CCCCC1. The number of carbonyl (C=O) groups excluding carboxylic acids is 1. The van der Waals surface area contributed by atoms with Crippen LogP contribution in [0, 0.1) is 20.8 Å². The van der Waals surface area contributed by atoms with Crippen molar-refractivity contribution in [3.63, 3.8) is 0 Å². The molecule has 0 heterocycles. The van der Waals surface area contributed by atoms with Crippen molar-refractivity contribution < 1.29 is 4.79 Å². The van der Waals surface area contributed by atoms with Crippen molar-refractivity contribution >= 4 is 13.4 Å². The number of rotatable bonds is 4. The van der Waals surface area contributed by atoms with Gasteiger partial charge in [0.15, 0.2) is 5.52 Å². The van der Waals surface area contributed by atoms with E-state index in [1.165, 1.54) is 48.8 Å². The van der Waals surface area contributed by atoms with Gasteiger partial charge in [-0.05, 0) is 64.5 Å². The zero-order valence-corrected chi connectivity index (χ0v) is 14.2. The quantitative estimate of drug-likeness (QED) is 0.661. The molecule has 0 N–H and O–H groups in total. The van der Waals surface area contributed by atoms with Crippen molar-refractivity contribution in [2.75, 3.05) is 6.16 Å². The lowest BCUT2D eigenvalue weighted by Gasteiger charge is -2.29. The van der Waals surface area contributed by atoms with E-state index in [0.717, 1.165) is 11.7 Å². The van der Waals surface area contributed by atoms with Crippen LogP contribution in [-0.2, 0) is 0 Å². The molecule has 2 heteroatoms. The molecule has 1 aliphatic rings. The van der Waals surface area contributed by atoms with Gasteiger partial charge < -0.3 is 0 Å². The van der Waals surface area contributed by atoms with Gasteiger partial charge in [0.05, 0.1) is 0 Å². The molecule has 0 aliphatic heterocycles. The second-order valence-electron chi connectivity index (χ2n) is 6.16. The van der Waals surface area contributed by atoms with E-state index in [4.69, 9.17) is 0 Å². The highest BCUT2D eigenvalue weighted by molar-refractivity contribution is 7.76. The van der Waals surface area contributed by atoms with Crippen LogP contribution >= 0.6 is 7.92 Å². The summed E-state index contributed by atoms with van der Waals surface area (Å²) in [4.78, 5) is 13.1. The first kappa shape index (κ1) is 15.7. The second-order valence-corrected chi connectivity index (χ2v) is 8.87. The third-order valence-electron chi connectivity index (χ3n) is 4.51.